The molecule has 0 aromatic carbocycles. The number of amides is 2. The summed E-state index contributed by atoms with van der Waals surface area (Å²) < 4.78 is 23.8. The van der Waals surface area contributed by atoms with Gasteiger partial charge in [0.15, 0.2) is 0 Å². The van der Waals surface area contributed by atoms with E-state index in [1.165, 1.54) is 7.05 Å². The van der Waals surface area contributed by atoms with Crippen molar-refractivity contribution in [1.29, 1.82) is 0 Å². The molecule has 0 aromatic heterocycles. The van der Waals surface area contributed by atoms with Crippen molar-refractivity contribution in [3.8, 4) is 0 Å². The number of hydrogen-bond acceptors (Lipinski definition) is 5. The summed E-state index contributed by atoms with van der Waals surface area (Å²) in [5.74, 6) is -0.140. The van der Waals surface area contributed by atoms with Gasteiger partial charge < -0.3 is 15.1 Å². The Balaban J connectivity index is 0.00000264. The van der Waals surface area contributed by atoms with Crippen molar-refractivity contribution in [1.82, 2.24) is 19.4 Å². The fourth-order valence-corrected chi connectivity index (χ4v) is 3.20. The largest absolute Gasteiger partial charge is 0.339 e. The van der Waals surface area contributed by atoms with Crippen molar-refractivity contribution in [2.75, 3.05) is 52.6 Å². The number of hydrogen-bond donors (Lipinski definition) is 1. The first-order chi connectivity index (χ1) is 10.3. The molecule has 2 fully saturated rings. The highest BCUT2D eigenvalue weighted by Crippen LogP contribution is 2.17. The fraction of sp³-hybridized carbons (Fsp3) is 0.846. The molecule has 2 rings (SSSR count). The number of sulfonamides is 1. The third-order valence-electron chi connectivity index (χ3n) is 4.24. The summed E-state index contributed by atoms with van der Waals surface area (Å²) in [6.07, 6.45) is 2.80. The fourth-order valence-electron chi connectivity index (χ4n) is 2.85. The Bertz CT molecular complexity index is 542. The van der Waals surface area contributed by atoms with Crippen LogP contribution in [0.4, 0.5) is 0 Å². The van der Waals surface area contributed by atoms with Crippen LogP contribution in [0.15, 0.2) is 0 Å². The monoisotopic (exact) mass is 368 g/mol. The van der Waals surface area contributed by atoms with Gasteiger partial charge in [-0.1, -0.05) is 0 Å². The van der Waals surface area contributed by atoms with Gasteiger partial charge in [-0.3, -0.25) is 9.59 Å². The minimum atomic E-state index is -3.37. The Morgan fingerprint density at radius 2 is 2.09 bits per heavy atom. The predicted molar refractivity (Wildman–Crippen MR) is 88.9 cm³/mol. The van der Waals surface area contributed by atoms with Gasteiger partial charge >= 0.3 is 0 Å². The minimum absolute atomic E-state index is 0. The number of carbonyl (C=O) groups is 2. The van der Waals surface area contributed by atoms with E-state index in [1.807, 2.05) is 4.90 Å². The first-order valence-corrected chi connectivity index (χ1v) is 9.33. The number of likely N-dealkylation sites (tertiary alicyclic amines) is 1. The van der Waals surface area contributed by atoms with Crippen LogP contribution < -0.4 is 5.32 Å². The molecule has 2 aliphatic rings. The molecule has 1 unspecified atom stereocenters. The molecule has 0 radical (unpaired) electrons. The first-order valence-electron chi connectivity index (χ1n) is 7.48. The van der Waals surface area contributed by atoms with Crippen LogP contribution in [0.25, 0.3) is 0 Å². The lowest BCUT2D eigenvalue weighted by Gasteiger charge is -2.41. The van der Waals surface area contributed by atoms with Gasteiger partial charge in [0.25, 0.3) is 0 Å². The van der Waals surface area contributed by atoms with Crippen molar-refractivity contribution >= 4 is 34.2 Å². The number of likely N-dealkylation sites (N-methyl/N-ethyl adjacent to an activating group) is 1. The van der Waals surface area contributed by atoms with Gasteiger partial charge in [-0.05, 0) is 12.8 Å². The number of nitrogens with zero attached hydrogens (tertiary/aromatic N) is 3. The lowest BCUT2D eigenvalue weighted by molar-refractivity contribution is -0.140. The second-order valence-corrected chi connectivity index (χ2v) is 8.01. The van der Waals surface area contributed by atoms with Crippen molar-refractivity contribution in [2.24, 2.45) is 0 Å². The van der Waals surface area contributed by atoms with E-state index in [0.717, 1.165) is 29.9 Å². The highest BCUT2D eigenvalue weighted by atomic mass is 35.5. The van der Waals surface area contributed by atoms with Crippen LogP contribution in [-0.2, 0) is 19.6 Å². The zero-order chi connectivity index (χ0) is 16.3. The van der Waals surface area contributed by atoms with Gasteiger partial charge in [0.1, 0.15) is 0 Å². The molecule has 0 aromatic rings. The molecular formula is C13H25ClN4O4S. The van der Waals surface area contributed by atoms with Gasteiger partial charge in [-0.2, -0.15) is 4.31 Å². The average Bonchev–Trinajstić information content (AvgIpc) is 2.47. The molecule has 10 heteroatoms. The maximum atomic E-state index is 12.3. The van der Waals surface area contributed by atoms with Crippen LogP contribution in [0.1, 0.15) is 12.8 Å². The summed E-state index contributed by atoms with van der Waals surface area (Å²) in [6.45, 7) is 2.74. The van der Waals surface area contributed by atoms with Crippen LogP contribution >= 0.6 is 12.4 Å². The second kappa shape index (κ2) is 8.27. The quantitative estimate of drug-likeness (QED) is 0.667. The van der Waals surface area contributed by atoms with E-state index < -0.39 is 10.0 Å². The predicted octanol–water partition coefficient (Wildman–Crippen LogP) is -1.28. The molecule has 2 saturated heterocycles. The summed E-state index contributed by atoms with van der Waals surface area (Å²) >= 11 is 0. The van der Waals surface area contributed by atoms with Crippen LogP contribution in [0.2, 0.25) is 0 Å². The molecule has 23 heavy (non-hydrogen) atoms. The van der Waals surface area contributed by atoms with Gasteiger partial charge in [-0.25, -0.2) is 8.42 Å². The van der Waals surface area contributed by atoms with E-state index in [4.69, 9.17) is 0 Å². The highest BCUT2D eigenvalue weighted by Gasteiger charge is 2.32. The molecule has 2 aliphatic heterocycles. The zero-order valence-corrected chi connectivity index (χ0v) is 15.2. The maximum absolute atomic E-state index is 12.3. The van der Waals surface area contributed by atoms with E-state index in [0.29, 0.717) is 26.2 Å². The third-order valence-corrected chi connectivity index (χ3v) is 5.50. The minimum Gasteiger partial charge on any atom is -0.339 e. The normalized spacial score (nSPS) is 22.9. The zero-order valence-electron chi connectivity index (χ0n) is 13.5. The number of piperazine rings is 1. The van der Waals surface area contributed by atoms with E-state index in [9.17, 15) is 18.0 Å². The smallest absolute Gasteiger partial charge is 0.237 e. The summed E-state index contributed by atoms with van der Waals surface area (Å²) in [5, 5.41) is 3.04. The molecule has 1 atom stereocenters. The van der Waals surface area contributed by atoms with E-state index in [2.05, 4.69) is 5.32 Å². The lowest BCUT2D eigenvalue weighted by Crippen LogP contribution is -2.58. The Labute approximate surface area is 143 Å². The molecule has 0 aliphatic carbocycles. The Kier molecular flexibility index (Phi) is 7.25. The Morgan fingerprint density at radius 3 is 2.70 bits per heavy atom. The van der Waals surface area contributed by atoms with Crippen LogP contribution in [0.5, 0.6) is 0 Å². The number of piperidine rings is 1. The van der Waals surface area contributed by atoms with Crippen molar-refractivity contribution in [3.05, 3.63) is 0 Å². The van der Waals surface area contributed by atoms with Gasteiger partial charge in [0, 0.05) is 39.3 Å². The maximum Gasteiger partial charge on any atom is 0.237 e. The summed E-state index contributed by atoms with van der Waals surface area (Å²) in [6, 6.07) is 0.0378. The Hall–Kier alpha value is -0.900. The second-order valence-electron chi connectivity index (χ2n) is 5.92. The summed E-state index contributed by atoms with van der Waals surface area (Å²) in [7, 11) is -1.97. The lowest BCUT2D eigenvalue weighted by atomic mass is 10.0. The van der Waals surface area contributed by atoms with Crippen LogP contribution in [0, 0.1) is 0 Å². The third kappa shape index (κ3) is 5.30. The molecule has 2 heterocycles. The molecule has 0 spiro atoms. The molecule has 2 amide bonds. The van der Waals surface area contributed by atoms with E-state index in [1.54, 1.807) is 4.90 Å². The van der Waals surface area contributed by atoms with Crippen molar-refractivity contribution in [3.63, 3.8) is 0 Å². The molecule has 1 N–H and O–H groups in total. The highest BCUT2D eigenvalue weighted by molar-refractivity contribution is 7.88. The first kappa shape index (κ1) is 20.1. The SMILES string of the molecule is CN(CC(=O)N1CCCC(N2CCNCC2=O)C1)S(C)(=O)=O.Cl. The average molecular weight is 369 g/mol. The summed E-state index contributed by atoms with van der Waals surface area (Å²) in [4.78, 5) is 27.7. The van der Waals surface area contributed by atoms with Crippen LogP contribution in [-0.4, -0.2) is 93.0 Å². The number of nitrogens with one attached hydrogen (secondary N) is 1. The molecule has 0 saturated carbocycles. The number of carbonyl (C=O) groups excluding carboxylic acids is 2. The standard InChI is InChI=1S/C13H24N4O4S.ClH/c1-15(22(2,20)21)10-13(19)16-6-3-4-11(9-16)17-7-5-14-8-12(17)18;/h11,14H,3-10H2,1-2H3;1H. The van der Waals surface area contributed by atoms with E-state index in [-0.39, 0.29) is 36.8 Å². The summed E-state index contributed by atoms with van der Waals surface area (Å²) in [5.41, 5.74) is 0. The Morgan fingerprint density at radius 1 is 1.39 bits per heavy atom. The number of halogens is 1. The van der Waals surface area contributed by atoms with Crippen molar-refractivity contribution in [2.45, 2.75) is 18.9 Å². The molecule has 0 bridgehead atoms. The van der Waals surface area contributed by atoms with Crippen LogP contribution in [0.3, 0.4) is 0 Å². The number of rotatable bonds is 4. The molecular weight excluding hydrogens is 344 g/mol. The van der Waals surface area contributed by atoms with Crippen molar-refractivity contribution < 1.29 is 18.0 Å². The molecule has 134 valence electrons. The topological polar surface area (TPSA) is 90.0 Å². The van der Waals surface area contributed by atoms with Gasteiger partial charge in [0.2, 0.25) is 21.8 Å². The van der Waals surface area contributed by atoms with Gasteiger partial charge in [0.05, 0.1) is 19.3 Å². The van der Waals surface area contributed by atoms with Gasteiger partial charge in [-0.15, -0.1) is 12.4 Å². The molecule has 8 nitrogen and oxygen atoms in total. The van der Waals surface area contributed by atoms with E-state index >= 15 is 0 Å².